The number of fused-ring (bicyclic) bond motifs is 2. The highest BCUT2D eigenvalue weighted by Crippen LogP contribution is 2.45. The van der Waals surface area contributed by atoms with Crippen molar-refractivity contribution in [3.63, 3.8) is 0 Å². The molecular weight excluding hydrogens is 672 g/mol. The van der Waals surface area contributed by atoms with Gasteiger partial charge in [-0.05, 0) is 67.5 Å². The lowest BCUT2D eigenvalue weighted by Gasteiger charge is -2.28. The standard InChI is InChI=1S/C34H32F4N2O8S/c1-33(2,32(43)44)21-11-7-18(8-12-21)17-48-27-15-24(26(47-3)16-25(27)35)30(41)40-29-20-10-9-19(13-20)28(29)31(42)39-22-5-4-6-23(14-22)49(45,46)34(36,37)38/h4-12,14-16,19-20,28-29H,13,17H2,1-3H3,(H,39,42)(H,40,41)(H,43,44)/t19-,20+,28+,29-/m0/s1. The van der Waals surface area contributed by atoms with Crippen LogP contribution in [0.1, 0.15) is 41.8 Å². The third-order valence-corrected chi connectivity index (χ3v) is 10.4. The third-order valence-electron chi connectivity index (χ3n) is 8.88. The number of anilines is 1. The number of benzene rings is 3. The van der Waals surface area contributed by atoms with Crippen LogP contribution in [0.25, 0.3) is 0 Å². The minimum Gasteiger partial charge on any atom is -0.496 e. The summed E-state index contributed by atoms with van der Waals surface area (Å²) >= 11 is 0. The van der Waals surface area contributed by atoms with Crippen LogP contribution in [0, 0.1) is 23.6 Å². The molecule has 3 aromatic rings. The van der Waals surface area contributed by atoms with Gasteiger partial charge in [0.25, 0.3) is 15.7 Å². The van der Waals surface area contributed by atoms with E-state index in [-0.39, 0.29) is 41.2 Å². The molecule has 2 bridgehead atoms. The Morgan fingerprint density at radius 3 is 2.27 bits per heavy atom. The Morgan fingerprint density at radius 2 is 1.63 bits per heavy atom. The van der Waals surface area contributed by atoms with Crippen molar-refractivity contribution in [3.8, 4) is 11.5 Å². The number of hydrogen-bond acceptors (Lipinski definition) is 7. The van der Waals surface area contributed by atoms with Crippen LogP contribution in [-0.4, -0.2) is 50.0 Å². The van der Waals surface area contributed by atoms with E-state index in [2.05, 4.69) is 10.6 Å². The maximum absolute atomic E-state index is 15.0. The fraction of sp³-hybridized carbons (Fsp3) is 0.324. The highest BCUT2D eigenvalue weighted by molar-refractivity contribution is 7.92. The average Bonchev–Trinajstić information content (AvgIpc) is 3.66. The largest absolute Gasteiger partial charge is 0.501 e. The monoisotopic (exact) mass is 704 g/mol. The molecule has 15 heteroatoms. The molecule has 0 spiro atoms. The van der Waals surface area contributed by atoms with Gasteiger partial charge in [0, 0.05) is 17.8 Å². The summed E-state index contributed by atoms with van der Waals surface area (Å²) in [6.07, 6.45) is 4.15. The van der Waals surface area contributed by atoms with E-state index >= 15 is 0 Å². The molecule has 0 aliphatic heterocycles. The molecule has 10 nitrogen and oxygen atoms in total. The van der Waals surface area contributed by atoms with Crippen LogP contribution < -0.4 is 20.1 Å². The number of carbonyl (C=O) groups excluding carboxylic acids is 2. The van der Waals surface area contributed by atoms with Crippen molar-refractivity contribution in [2.75, 3.05) is 12.4 Å². The van der Waals surface area contributed by atoms with Gasteiger partial charge in [0.15, 0.2) is 11.6 Å². The zero-order chi connectivity index (χ0) is 35.9. The second-order valence-corrected chi connectivity index (χ2v) is 14.3. The van der Waals surface area contributed by atoms with E-state index in [0.29, 0.717) is 23.6 Å². The maximum atomic E-state index is 15.0. The zero-order valence-corrected chi connectivity index (χ0v) is 27.2. The van der Waals surface area contributed by atoms with Crippen molar-refractivity contribution >= 4 is 33.3 Å². The van der Waals surface area contributed by atoms with Gasteiger partial charge in [0.1, 0.15) is 12.4 Å². The summed E-state index contributed by atoms with van der Waals surface area (Å²) in [5, 5.41) is 14.8. The second-order valence-electron chi connectivity index (χ2n) is 12.3. The van der Waals surface area contributed by atoms with E-state index in [4.69, 9.17) is 9.47 Å². The van der Waals surface area contributed by atoms with E-state index in [1.165, 1.54) is 13.2 Å². The van der Waals surface area contributed by atoms with Gasteiger partial charge in [-0.1, -0.05) is 42.5 Å². The van der Waals surface area contributed by atoms with Gasteiger partial charge in [-0.15, -0.1) is 0 Å². The van der Waals surface area contributed by atoms with Gasteiger partial charge < -0.3 is 25.2 Å². The second kappa shape index (κ2) is 13.2. The molecule has 4 atom stereocenters. The predicted molar refractivity (Wildman–Crippen MR) is 168 cm³/mol. The zero-order valence-electron chi connectivity index (χ0n) is 26.4. The third kappa shape index (κ3) is 6.98. The molecule has 2 aliphatic carbocycles. The molecule has 260 valence electrons. The molecular formula is C34H32F4N2O8S. The van der Waals surface area contributed by atoms with Gasteiger partial charge in [-0.2, -0.15) is 13.2 Å². The number of alkyl halides is 3. The fourth-order valence-electron chi connectivity index (χ4n) is 6.00. The van der Waals surface area contributed by atoms with E-state index in [1.807, 2.05) is 12.2 Å². The molecule has 5 rings (SSSR count). The molecule has 2 amide bonds. The Bertz CT molecular complexity index is 1930. The Morgan fingerprint density at radius 1 is 0.959 bits per heavy atom. The number of aliphatic carboxylic acids is 1. The average molecular weight is 705 g/mol. The van der Waals surface area contributed by atoms with Crippen LogP contribution in [-0.2, 0) is 31.4 Å². The Balaban J connectivity index is 1.32. The number of carboxylic acid groups (broad SMARTS) is 1. The van der Waals surface area contributed by atoms with E-state index in [1.54, 1.807) is 38.1 Å². The molecule has 0 unspecified atom stereocenters. The van der Waals surface area contributed by atoms with E-state index in [9.17, 15) is 45.5 Å². The van der Waals surface area contributed by atoms with Crippen LogP contribution in [0.5, 0.6) is 11.5 Å². The first kappa shape index (κ1) is 35.4. The van der Waals surface area contributed by atoms with Gasteiger partial charge in [0.2, 0.25) is 5.91 Å². The van der Waals surface area contributed by atoms with Crippen molar-refractivity contribution in [1.29, 1.82) is 0 Å². The molecule has 0 heterocycles. The van der Waals surface area contributed by atoms with Gasteiger partial charge in [-0.3, -0.25) is 14.4 Å². The summed E-state index contributed by atoms with van der Waals surface area (Å²) in [6.45, 7) is 3.02. The van der Waals surface area contributed by atoms with Gasteiger partial charge >= 0.3 is 11.5 Å². The number of sulfone groups is 1. The lowest BCUT2D eigenvalue weighted by Crippen LogP contribution is -2.47. The SMILES string of the molecule is COc1cc(F)c(OCc2ccc(C(C)(C)C(=O)O)cc2)cc1C(=O)N[C@@H]1[C@H](C(=O)Nc2cccc(S(=O)(=O)C(F)(F)F)c2)[C@H]2C=C[C@@H]1C2. The number of amides is 2. The first-order chi connectivity index (χ1) is 22.9. The summed E-state index contributed by atoms with van der Waals surface area (Å²) < 4.78 is 88.9. The predicted octanol–water partition coefficient (Wildman–Crippen LogP) is 5.63. The number of halogens is 4. The van der Waals surface area contributed by atoms with Crippen molar-refractivity contribution in [3.05, 3.63) is 95.3 Å². The van der Waals surface area contributed by atoms with Crippen LogP contribution in [0.15, 0.2) is 77.7 Å². The van der Waals surface area contributed by atoms with Crippen molar-refractivity contribution in [1.82, 2.24) is 5.32 Å². The molecule has 0 aromatic heterocycles. The van der Waals surface area contributed by atoms with Crippen molar-refractivity contribution in [2.45, 2.75) is 48.7 Å². The summed E-state index contributed by atoms with van der Waals surface area (Å²) in [5.74, 6) is -4.98. The van der Waals surface area contributed by atoms with Crippen molar-refractivity contribution in [2.24, 2.45) is 17.8 Å². The number of allylic oxidation sites excluding steroid dienone is 1. The Labute approximate surface area is 279 Å². The van der Waals surface area contributed by atoms with Crippen LogP contribution in [0.2, 0.25) is 0 Å². The first-order valence-corrected chi connectivity index (χ1v) is 16.5. The maximum Gasteiger partial charge on any atom is 0.501 e. The van der Waals surface area contributed by atoms with Crippen LogP contribution in [0.3, 0.4) is 0 Å². The number of carboxylic acids is 1. The number of ether oxygens (including phenoxy) is 2. The van der Waals surface area contributed by atoms with E-state index in [0.717, 1.165) is 24.3 Å². The highest BCUT2D eigenvalue weighted by atomic mass is 32.2. The summed E-state index contributed by atoms with van der Waals surface area (Å²) in [6, 6.07) is 11.7. The minimum atomic E-state index is -5.65. The summed E-state index contributed by atoms with van der Waals surface area (Å²) in [7, 11) is -4.40. The Kier molecular flexibility index (Phi) is 9.52. The molecule has 2 aliphatic rings. The molecule has 3 N–H and O–H groups in total. The normalized spacial score (nSPS) is 20.1. The number of hydrogen-bond donors (Lipinski definition) is 3. The topological polar surface area (TPSA) is 148 Å². The lowest BCUT2D eigenvalue weighted by atomic mass is 9.84. The number of rotatable bonds is 11. The highest BCUT2D eigenvalue weighted by Gasteiger charge is 2.50. The number of methoxy groups -OCH3 is 1. The van der Waals surface area contributed by atoms with Gasteiger partial charge in [0.05, 0.1) is 28.9 Å². The lowest BCUT2D eigenvalue weighted by molar-refractivity contribution is -0.142. The first-order valence-electron chi connectivity index (χ1n) is 15.0. The fourth-order valence-corrected chi connectivity index (χ4v) is 6.81. The van der Waals surface area contributed by atoms with Crippen molar-refractivity contribution < 1.29 is 54.9 Å². The minimum absolute atomic E-state index is 0.0894. The molecule has 1 fully saturated rings. The van der Waals surface area contributed by atoms with Crippen LogP contribution in [0.4, 0.5) is 23.2 Å². The van der Waals surface area contributed by atoms with Crippen LogP contribution >= 0.6 is 0 Å². The molecule has 0 radical (unpaired) electrons. The number of nitrogens with one attached hydrogen (secondary N) is 2. The molecule has 3 aromatic carbocycles. The summed E-state index contributed by atoms with van der Waals surface area (Å²) in [4.78, 5) is 37.6. The molecule has 1 saturated carbocycles. The smallest absolute Gasteiger partial charge is 0.496 e. The Hall–Kier alpha value is -4.92. The summed E-state index contributed by atoms with van der Waals surface area (Å²) in [5.41, 5.74) is -5.75. The molecule has 49 heavy (non-hydrogen) atoms. The van der Waals surface area contributed by atoms with Gasteiger partial charge in [-0.25, -0.2) is 12.8 Å². The number of carbonyl (C=O) groups is 3. The molecule has 0 saturated heterocycles. The van der Waals surface area contributed by atoms with E-state index < -0.39 is 61.2 Å². The quantitative estimate of drug-likeness (QED) is 0.172.